The molecule has 1 aliphatic rings. The second-order valence-electron chi connectivity index (χ2n) is 14.0. The fourth-order valence-electron chi connectivity index (χ4n) is 6.95. The smallest absolute Gasteiger partial charge is 0.324 e. The molecule has 1 N–H and O–H groups in total. The van der Waals surface area contributed by atoms with Crippen molar-refractivity contribution in [2.45, 2.75) is 75.9 Å². The number of alkyl halides is 2. The maximum atomic E-state index is 16.0. The molecule has 0 spiro atoms. The Morgan fingerprint density at radius 3 is 2.52 bits per heavy atom. The highest BCUT2D eigenvalue weighted by Crippen LogP contribution is 2.42. The third kappa shape index (κ3) is 8.44. The van der Waals surface area contributed by atoms with Gasteiger partial charge in [-0.2, -0.15) is 5.10 Å². The van der Waals surface area contributed by atoms with Gasteiger partial charge in [-0.05, 0) is 69.0 Å². The van der Waals surface area contributed by atoms with Crippen LogP contribution in [0.2, 0.25) is 0 Å². The van der Waals surface area contributed by atoms with E-state index in [1.54, 1.807) is 38.1 Å². The standard InChI is InChI=1S/C40H42F4N4O7S/c1-5-53-34(49)13-10-24-8-7-9-25(20-24)39(3)15-16-40(43,44)17-19-56(51,52)33(37(50)54-6-2)22-28-27-14-18-45-32(27)23-31(42)35(28)55-26-11-12-30(41)29(21-26)36-46-38(39)47-48(36)4/h7-9,11-12,14,18,20-21,23,33,45H,5-6,10,13,15-17,19,22H2,1-4H3. The lowest BCUT2D eigenvalue weighted by molar-refractivity contribution is -0.143. The quantitative estimate of drug-likeness (QED) is 0.131. The number of ether oxygens (including phenoxy) is 3. The van der Waals surface area contributed by atoms with Gasteiger partial charge in [0.15, 0.2) is 38.3 Å². The first-order valence-electron chi connectivity index (χ1n) is 18.2. The molecule has 56 heavy (non-hydrogen) atoms. The molecule has 2 unspecified atom stereocenters. The molecule has 3 aromatic carbocycles. The predicted octanol–water partition coefficient (Wildman–Crippen LogP) is 7.54. The molecule has 3 heterocycles. The van der Waals surface area contributed by atoms with Crippen LogP contribution in [0.3, 0.4) is 0 Å². The van der Waals surface area contributed by atoms with E-state index < -0.39 is 80.8 Å². The molecule has 1 aliphatic heterocycles. The van der Waals surface area contributed by atoms with Crippen molar-refractivity contribution in [1.82, 2.24) is 19.7 Å². The van der Waals surface area contributed by atoms with Crippen molar-refractivity contribution < 1.29 is 49.8 Å². The van der Waals surface area contributed by atoms with Crippen molar-refractivity contribution in [3.05, 3.63) is 94.9 Å². The van der Waals surface area contributed by atoms with E-state index in [-0.39, 0.29) is 60.1 Å². The number of H-pyrrole nitrogens is 1. The summed E-state index contributed by atoms with van der Waals surface area (Å²) in [5.74, 6) is -8.29. The Morgan fingerprint density at radius 2 is 1.77 bits per heavy atom. The number of halogens is 4. The van der Waals surface area contributed by atoms with Crippen LogP contribution >= 0.6 is 0 Å². The fraction of sp³-hybridized carbons (Fsp3) is 0.400. The summed E-state index contributed by atoms with van der Waals surface area (Å²) in [5.41, 5.74) is 0.0244. The van der Waals surface area contributed by atoms with E-state index in [0.717, 1.165) is 17.7 Å². The number of fused-ring (bicyclic) bond motifs is 8. The number of carbonyl (C=O) groups is 2. The highest BCUT2D eigenvalue weighted by atomic mass is 32.2. The van der Waals surface area contributed by atoms with Crippen LogP contribution in [0.1, 0.15) is 69.0 Å². The Kier molecular flexibility index (Phi) is 11.6. The van der Waals surface area contributed by atoms with E-state index in [2.05, 4.69) is 10.1 Å². The Bertz CT molecular complexity index is 2380. The fourth-order valence-corrected chi connectivity index (χ4v) is 8.60. The number of hydrogen-bond donors (Lipinski definition) is 1. The largest absolute Gasteiger partial charge is 0.466 e. The molecular weight excluding hydrogens is 757 g/mol. The van der Waals surface area contributed by atoms with Crippen LogP contribution in [0.4, 0.5) is 17.6 Å². The highest BCUT2D eigenvalue weighted by molar-refractivity contribution is 7.92. The van der Waals surface area contributed by atoms with Gasteiger partial charge in [0.25, 0.3) is 0 Å². The summed E-state index contributed by atoms with van der Waals surface area (Å²) >= 11 is 0. The van der Waals surface area contributed by atoms with Gasteiger partial charge in [-0.3, -0.25) is 9.59 Å². The van der Waals surface area contributed by atoms with Crippen molar-refractivity contribution in [2.24, 2.45) is 7.05 Å². The minimum absolute atomic E-state index is 0.0239. The minimum atomic E-state index is -4.66. The molecule has 0 fully saturated rings. The van der Waals surface area contributed by atoms with Crippen molar-refractivity contribution in [1.29, 1.82) is 0 Å². The van der Waals surface area contributed by atoms with Gasteiger partial charge in [-0.15, -0.1) is 0 Å². The molecule has 298 valence electrons. The number of rotatable bonds is 7. The van der Waals surface area contributed by atoms with Crippen molar-refractivity contribution in [3.8, 4) is 22.9 Å². The van der Waals surface area contributed by atoms with E-state index >= 15 is 17.6 Å². The number of hydrogen-bond acceptors (Lipinski definition) is 9. The summed E-state index contributed by atoms with van der Waals surface area (Å²) in [6.45, 7) is 4.86. The molecule has 0 saturated carbocycles. The number of sulfone groups is 1. The topological polar surface area (TPSA) is 142 Å². The maximum Gasteiger partial charge on any atom is 0.324 e. The molecule has 2 aromatic heterocycles. The average Bonchev–Trinajstić information content (AvgIpc) is 3.79. The number of benzene rings is 3. The summed E-state index contributed by atoms with van der Waals surface area (Å²) in [6.07, 6.45) is -1.03. The zero-order chi connectivity index (χ0) is 40.4. The minimum Gasteiger partial charge on any atom is -0.466 e. The van der Waals surface area contributed by atoms with Gasteiger partial charge >= 0.3 is 11.9 Å². The molecule has 0 aliphatic carbocycles. The normalized spacial score (nSPS) is 19.6. The monoisotopic (exact) mass is 798 g/mol. The number of aromatic nitrogens is 4. The first kappa shape index (κ1) is 40.4. The van der Waals surface area contributed by atoms with Gasteiger partial charge in [-0.25, -0.2) is 35.6 Å². The van der Waals surface area contributed by atoms with Crippen LogP contribution in [-0.2, 0) is 54.2 Å². The van der Waals surface area contributed by atoms with E-state index in [0.29, 0.717) is 17.4 Å². The van der Waals surface area contributed by atoms with Gasteiger partial charge in [0.1, 0.15) is 11.6 Å². The van der Waals surface area contributed by atoms with Gasteiger partial charge < -0.3 is 19.2 Å². The molecule has 16 heteroatoms. The third-order valence-electron chi connectivity index (χ3n) is 10.1. The Hall–Kier alpha value is -5.25. The number of nitrogens with one attached hydrogen (secondary N) is 1. The Balaban J connectivity index is 1.52. The molecule has 2 atom stereocenters. The number of carbonyl (C=O) groups excluding carboxylic acids is 2. The third-order valence-corrected chi connectivity index (χ3v) is 12.1. The van der Waals surface area contributed by atoms with Crippen molar-refractivity contribution in [2.75, 3.05) is 19.0 Å². The van der Waals surface area contributed by atoms with Gasteiger partial charge in [0.05, 0.1) is 29.9 Å². The second-order valence-corrected chi connectivity index (χ2v) is 16.3. The predicted molar refractivity (Wildman–Crippen MR) is 199 cm³/mol. The average molecular weight is 799 g/mol. The summed E-state index contributed by atoms with van der Waals surface area (Å²) in [6, 6.07) is 13.3. The second kappa shape index (κ2) is 16.1. The van der Waals surface area contributed by atoms with Gasteiger partial charge in [0.2, 0.25) is 5.92 Å². The number of esters is 2. The number of nitrogens with zero attached hydrogens (tertiary/aromatic N) is 3. The van der Waals surface area contributed by atoms with Crippen LogP contribution in [-0.4, -0.2) is 70.2 Å². The summed E-state index contributed by atoms with van der Waals surface area (Å²) in [7, 11) is -3.15. The number of aryl methyl sites for hydroxylation is 2. The summed E-state index contributed by atoms with van der Waals surface area (Å²) < 4.78 is 109. The van der Waals surface area contributed by atoms with Crippen LogP contribution in [0, 0.1) is 11.6 Å². The summed E-state index contributed by atoms with van der Waals surface area (Å²) in [5, 5.41) is 2.91. The Labute approximate surface area is 321 Å². The lowest BCUT2D eigenvalue weighted by atomic mass is 9.76. The van der Waals surface area contributed by atoms with Crippen molar-refractivity contribution in [3.63, 3.8) is 0 Å². The van der Waals surface area contributed by atoms with E-state index in [4.69, 9.17) is 19.2 Å². The lowest BCUT2D eigenvalue weighted by Gasteiger charge is -2.30. The van der Waals surface area contributed by atoms with Crippen LogP contribution < -0.4 is 4.74 Å². The van der Waals surface area contributed by atoms with Gasteiger partial charge in [0, 0.05) is 61.5 Å². The van der Waals surface area contributed by atoms with E-state index in [1.165, 1.54) is 43.0 Å². The highest BCUT2D eigenvalue weighted by Gasteiger charge is 2.42. The SMILES string of the molecule is CCOC(=O)CCc1cccc(C2(C)CCC(F)(F)CCS(=O)(=O)C(C(=O)OCC)Cc3c(c(F)cc4[nH]ccc34)Oc3ccc(F)c(c3)-c3nc2nn3C)c1. The first-order chi connectivity index (χ1) is 26.5. The van der Waals surface area contributed by atoms with Crippen LogP contribution in [0.5, 0.6) is 11.5 Å². The molecule has 6 rings (SSSR count). The van der Waals surface area contributed by atoms with Gasteiger partial charge in [-0.1, -0.05) is 24.3 Å². The maximum absolute atomic E-state index is 16.0. The van der Waals surface area contributed by atoms with Crippen molar-refractivity contribution >= 4 is 32.7 Å². The Morgan fingerprint density at radius 1 is 1.00 bits per heavy atom. The molecule has 11 nitrogen and oxygen atoms in total. The molecule has 0 radical (unpaired) electrons. The zero-order valence-electron chi connectivity index (χ0n) is 31.3. The number of aromatic amines is 1. The summed E-state index contributed by atoms with van der Waals surface area (Å²) in [4.78, 5) is 33.0. The first-order valence-corrected chi connectivity index (χ1v) is 20.0. The van der Waals surface area contributed by atoms with E-state index in [1.807, 2.05) is 0 Å². The lowest BCUT2D eigenvalue weighted by Crippen LogP contribution is -2.37. The molecule has 0 amide bonds. The van der Waals surface area contributed by atoms with E-state index in [9.17, 15) is 18.0 Å². The van der Waals surface area contributed by atoms with Crippen LogP contribution in [0.15, 0.2) is 60.8 Å². The molecular formula is C40H42F4N4O7S. The molecule has 5 aromatic rings. The molecule has 4 bridgehead atoms. The molecule has 0 saturated heterocycles. The zero-order valence-corrected chi connectivity index (χ0v) is 32.2. The van der Waals surface area contributed by atoms with Crippen LogP contribution in [0.25, 0.3) is 22.3 Å².